The van der Waals surface area contributed by atoms with Crippen LogP contribution in [0.2, 0.25) is 0 Å². The number of aromatic nitrogens is 3. The highest BCUT2D eigenvalue weighted by molar-refractivity contribution is 5.79. The van der Waals surface area contributed by atoms with Crippen LogP contribution < -0.4 is 0 Å². The van der Waals surface area contributed by atoms with Crippen LogP contribution in [0.1, 0.15) is 43.8 Å². The Labute approximate surface area is 146 Å². The van der Waals surface area contributed by atoms with Crippen molar-refractivity contribution in [2.75, 3.05) is 13.1 Å². The van der Waals surface area contributed by atoms with Crippen molar-refractivity contribution in [2.24, 2.45) is 5.92 Å². The van der Waals surface area contributed by atoms with Gasteiger partial charge in [-0.2, -0.15) is 4.98 Å². The molecular formula is C19H22N4O2. The SMILES string of the molecule is O=C(C1CC=CCC1)N1CCC(c2noc(-c3ccncc3)n2)CC1. The lowest BCUT2D eigenvalue weighted by molar-refractivity contribution is -0.136. The molecule has 2 aliphatic rings. The number of allylic oxidation sites excluding steroid dienone is 2. The van der Waals surface area contributed by atoms with E-state index in [0.29, 0.717) is 11.8 Å². The van der Waals surface area contributed by atoms with E-state index in [-0.39, 0.29) is 11.8 Å². The highest BCUT2D eigenvalue weighted by Crippen LogP contribution is 2.30. The van der Waals surface area contributed by atoms with Crippen LogP contribution in [0.3, 0.4) is 0 Å². The van der Waals surface area contributed by atoms with Gasteiger partial charge in [0.1, 0.15) is 0 Å². The Hall–Kier alpha value is -2.50. The third-order valence-electron chi connectivity index (χ3n) is 5.16. The number of rotatable bonds is 3. The van der Waals surface area contributed by atoms with Crippen LogP contribution >= 0.6 is 0 Å². The molecule has 130 valence electrons. The van der Waals surface area contributed by atoms with Gasteiger partial charge in [-0.3, -0.25) is 9.78 Å². The van der Waals surface area contributed by atoms with Gasteiger partial charge in [-0.05, 0) is 44.2 Å². The molecule has 2 aromatic rings. The van der Waals surface area contributed by atoms with Gasteiger partial charge in [0.2, 0.25) is 5.91 Å². The second-order valence-electron chi connectivity index (χ2n) is 6.77. The number of pyridine rings is 1. The lowest BCUT2D eigenvalue weighted by atomic mass is 9.90. The quantitative estimate of drug-likeness (QED) is 0.804. The molecule has 4 rings (SSSR count). The fourth-order valence-corrected chi connectivity index (χ4v) is 3.65. The van der Waals surface area contributed by atoms with Crippen molar-refractivity contribution in [3.05, 3.63) is 42.5 Å². The fraction of sp³-hybridized carbons (Fsp3) is 0.474. The Kier molecular flexibility index (Phi) is 4.59. The molecule has 0 saturated carbocycles. The minimum atomic E-state index is 0.171. The normalized spacial score (nSPS) is 21.4. The molecule has 25 heavy (non-hydrogen) atoms. The molecule has 0 aromatic carbocycles. The number of amides is 1. The number of carbonyl (C=O) groups excluding carboxylic acids is 1. The Bertz CT molecular complexity index is 748. The molecule has 1 amide bonds. The predicted octanol–water partition coefficient (Wildman–Crippen LogP) is 3.19. The van der Waals surface area contributed by atoms with Crippen molar-refractivity contribution < 1.29 is 9.32 Å². The van der Waals surface area contributed by atoms with Gasteiger partial charge in [-0.15, -0.1) is 0 Å². The van der Waals surface area contributed by atoms with Crippen molar-refractivity contribution in [2.45, 2.75) is 38.0 Å². The van der Waals surface area contributed by atoms with Crippen LogP contribution in [0.5, 0.6) is 0 Å². The van der Waals surface area contributed by atoms with E-state index in [9.17, 15) is 4.79 Å². The zero-order chi connectivity index (χ0) is 17.1. The van der Waals surface area contributed by atoms with Crippen LogP contribution in [0.25, 0.3) is 11.5 Å². The van der Waals surface area contributed by atoms with E-state index in [2.05, 4.69) is 27.3 Å². The lowest BCUT2D eigenvalue weighted by Gasteiger charge is -2.33. The number of hydrogen-bond donors (Lipinski definition) is 0. The van der Waals surface area contributed by atoms with Crippen LogP contribution in [-0.2, 0) is 4.79 Å². The summed E-state index contributed by atoms with van der Waals surface area (Å²) in [6, 6.07) is 3.72. The van der Waals surface area contributed by atoms with Gasteiger partial charge >= 0.3 is 0 Å². The summed E-state index contributed by atoms with van der Waals surface area (Å²) in [7, 11) is 0. The first-order valence-corrected chi connectivity index (χ1v) is 8.99. The predicted molar refractivity (Wildman–Crippen MR) is 92.6 cm³/mol. The summed E-state index contributed by atoms with van der Waals surface area (Å²) in [5.41, 5.74) is 0.881. The highest BCUT2D eigenvalue weighted by atomic mass is 16.5. The average molecular weight is 338 g/mol. The van der Waals surface area contributed by atoms with E-state index >= 15 is 0 Å². The number of hydrogen-bond acceptors (Lipinski definition) is 5. The van der Waals surface area contributed by atoms with E-state index in [1.54, 1.807) is 12.4 Å². The Balaban J connectivity index is 1.37. The topological polar surface area (TPSA) is 72.1 Å². The molecular weight excluding hydrogens is 316 g/mol. The first kappa shape index (κ1) is 16.0. The van der Waals surface area contributed by atoms with E-state index < -0.39 is 0 Å². The summed E-state index contributed by atoms with van der Waals surface area (Å²) in [6.45, 7) is 1.56. The molecule has 0 radical (unpaired) electrons. The van der Waals surface area contributed by atoms with Gasteiger partial charge in [0.15, 0.2) is 5.82 Å². The molecule has 0 N–H and O–H groups in total. The maximum atomic E-state index is 12.6. The molecule has 1 saturated heterocycles. The zero-order valence-electron chi connectivity index (χ0n) is 14.2. The Morgan fingerprint density at radius 1 is 1.12 bits per heavy atom. The molecule has 6 heteroatoms. The maximum absolute atomic E-state index is 12.6. The summed E-state index contributed by atoms with van der Waals surface area (Å²) < 4.78 is 5.40. The maximum Gasteiger partial charge on any atom is 0.258 e. The van der Waals surface area contributed by atoms with Gasteiger partial charge in [0, 0.05) is 42.9 Å². The van der Waals surface area contributed by atoms with Crippen LogP contribution in [0, 0.1) is 5.92 Å². The largest absolute Gasteiger partial charge is 0.342 e. The number of nitrogens with zero attached hydrogens (tertiary/aromatic N) is 4. The summed E-state index contributed by atoms with van der Waals surface area (Å²) >= 11 is 0. The summed E-state index contributed by atoms with van der Waals surface area (Å²) in [5.74, 6) is 2.03. The molecule has 1 fully saturated rings. The van der Waals surface area contributed by atoms with E-state index in [0.717, 1.165) is 56.6 Å². The Morgan fingerprint density at radius 3 is 2.64 bits per heavy atom. The molecule has 1 aliphatic carbocycles. The van der Waals surface area contributed by atoms with Crippen LogP contribution in [-0.4, -0.2) is 39.0 Å². The van der Waals surface area contributed by atoms with Crippen LogP contribution in [0.15, 0.2) is 41.2 Å². The standard InChI is InChI=1S/C19H22N4O2/c24-19(16-4-2-1-3-5-16)23-12-8-14(9-13-23)17-21-18(25-22-17)15-6-10-20-11-7-15/h1-2,6-7,10-11,14,16H,3-5,8-9,12-13H2. The van der Waals surface area contributed by atoms with Crippen molar-refractivity contribution in [3.8, 4) is 11.5 Å². The minimum Gasteiger partial charge on any atom is -0.342 e. The van der Waals surface area contributed by atoms with Crippen molar-refractivity contribution >= 4 is 5.91 Å². The second kappa shape index (κ2) is 7.17. The minimum absolute atomic E-state index is 0.171. The number of piperidine rings is 1. The van der Waals surface area contributed by atoms with Gasteiger partial charge in [0.05, 0.1) is 0 Å². The summed E-state index contributed by atoms with van der Waals surface area (Å²) in [4.78, 5) is 23.2. The van der Waals surface area contributed by atoms with Crippen LogP contribution in [0.4, 0.5) is 0 Å². The summed E-state index contributed by atoms with van der Waals surface area (Å²) in [6.07, 6.45) is 12.4. The molecule has 6 nitrogen and oxygen atoms in total. The number of carbonyl (C=O) groups is 1. The lowest BCUT2D eigenvalue weighted by Crippen LogP contribution is -2.41. The van der Waals surface area contributed by atoms with Gasteiger partial charge in [-0.25, -0.2) is 0 Å². The van der Waals surface area contributed by atoms with Crippen molar-refractivity contribution in [3.63, 3.8) is 0 Å². The van der Waals surface area contributed by atoms with E-state index in [1.165, 1.54) is 0 Å². The fourth-order valence-electron chi connectivity index (χ4n) is 3.65. The van der Waals surface area contributed by atoms with Crippen molar-refractivity contribution in [1.82, 2.24) is 20.0 Å². The average Bonchev–Trinajstić information content (AvgIpc) is 3.19. The Morgan fingerprint density at radius 2 is 1.92 bits per heavy atom. The van der Waals surface area contributed by atoms with Gasteiger partial charge in [0.25, 0.3) is 5.89 Å². The molecule has 0 bridgehead atoms. The first-order chi connectivity index (χ1) is 12.3. The third-order valence-corrected chi connectivity index (χ3v) is 5.16. The van der Waals surface area contributed by atoms with Gasteiger partial charge < -0.3 is 9.42 Å². The first-order valence-electron chi connectivity index (χ1n) is 8.99. The second-order valence-corrected chi connectivity index (χ2v) is 6.77. The monoisotopic (exact) mass is 338 g/mol. The molecule has 3 heterocycles. The number of likely N-dealkylation sites (tertiary alicyclic amines) is 1. The molecule has 0 spiro atoms. The van der Waals surface area contributed by atoms with Crippen molar-refractivity contribution in [1.29, 1.82) is 0 Å². The zero-order valence-corrected chi connectivity index (χ0v) is 14.2. The molecule has 1 atom stereocenters. The third kappa shape index (κ3) is 3.48. The summed E-state index contributed by atoms with van der Waals surface area (Å²) in [5, 5.41) is 4.16. The highest BCUT2D eigenvalue weighted by Gasteiger charge is 2.30. The molecule has 1 unspecified atom stereocenters. The molecule has 2 aromatic heterocycles. The van der Waals surface area contributed by atoms with E-state index in [1.807, 2.05) is 17.0 Å². The molecule has 1 aliphatic heterocycles. The van der Waals surface area contributed by atoms with E-state index in [4.69, 9.17) is 4.52 Å². The smallest absolute Gasteiger partial charge is 0.258 e. The van der Waals surface area contributed by atoms with Gasteiger partial charge in [-0.1, -0.05) is 17.3 Å².